The molecule has 1 aromatic carbocycles. The van der Waals surface area contributed by atoms with E-state index in [2.05, 4.69) is 57.1 Å². The SMILES string of the molecule is Cc1ccc(-c2c[nH]n3c(=S)cc(C(C)(C)C)nc23)cc1. The first-order valence-corrected chi connectivity index (χ1v) is 7.46. The average molecular weight is 297 g/mol. The number of rotatable bonds is 1. The van der Waals surface area contributed by atoms with E-state index in [0.717, 1.165) is 27.1 Å². The highest BCUT2D eigenvalue weighted by molar-refractivity contribution is 7.71. The number of aromatic amines is 1. The molecule has 0 aliphatic rings. The summed E-state index contributed by atoms with van der Waals surface area (Å²) in [4.78, 5) is 4.83. The minimum Gasteiger partial charge on any atom is -0.298 e. The Morgan fingerprint density at radius 3 is 2.43 bits per heavy atom. The van der Waals surface area contributed by atoms with Crippen LogP contribution in [0.15, 0.2) is 36.5 Å². The van der Waals surface area contributed by atoms with Gasteiger partial charge in [0.1, 0.15) is 4.64 Å². The van der Waals surface area contributed by atoms with Gasteiger partial charge in [0.15, 0.2) is 5.65 Å². The van der Waals surface area contributed by atoms with Crippen LogP contribution >= 0.6 is 12.2 Å². The number of hydrogen-bond acceptors (Lipinski definition) is 2. The Kier molecular flexibility index (Phi) is 3.21. The van der Waals surface area contributed by atoms with Gasteiger partial charge in [-0.1, -0.05) is 62.8 Å². The maximum absolute atomic E-state index is 5.49. The largest absolute Gasteiger partial charge is 0.298 e. The molecule has 0 unspecified atom stereocenters. The maximum Gasteiger partial charge on any atom is 0.162 e. The van der Waals surface area contributed by atoms with Crippen LogP contribution in [0.4, 0.5) is 0 Å². The van der Waals surface area contributed by atoms with Gasteiger partial charge in [-0.3, -0.25) is 5.10 Å². The Morgan fingerprint density at radius 1 is 1.14 bits per heavy atom. The molecule has 0 saturated heterocycles. The summed E-state index contributed by atoms with van der Waals surface area (Å²) in [6.45, 7) is 8.54. The first-order chi connectivity index (χ1) is 9.86. The zero-order valence-electron chi connectivity index (χ0n) is 12.8. The van der Waals surface area contributed by atoms with Gasteiger partial charge in [0.25, 0.3) is 0 Å². The van der Waals surface area contributed by atoms with E-state index in [9.17, 15) is 0 Å². The van der Waals surface area contributed by atoms with Crippen LogP contribution in [0.3, 0.4) is 0 Å². The second-order valence-electron chi connectivity index (χ2n) is 6.44. The maximum atomic E-state index is 5.49. The second kappa shape index (κ2) is 4.81. The molecular formula is C17H19N3S. The fourth-order valence-corrected chi connectivity index (χ4v) is 2.56. The molecule has 3 nitrogen and oxygen atoms in total. The van der Waals surface area contributed by atoms with Gasteiger partial charge >= 0.3 is 0 Å². The van der Waals surface area contributed by atoms with Crippen molar-refractivity contribution in [1.29, 1.82) is 0 Å². The summed E-state index contributed by atoms with van der Waals surface area (Å²) in [7, 11) is 0. The van der Waals surface area contributed by atoms with Crippen LogP contribution in [0.1, 0.15) is 32.0 Å². The summed E-state index contributed by atoms with van der Waals surface area (Å²) in [5.74, 6) is 0. The van der Waals surface area contributed by atoms with Gasteiger partial charge in [-0.05, 0) is 18.6 Å². The van der Waals surface area contributed by atoms with E-state index in [0.29, 0.717) is 0 Å². The molecule has 0 bridgehead atoms. The molecule has 2 heterocycles. The molecule has 108 valence electrons. The van der Waals surface area contributed by atoms with Crippen LogP contribution in [0.5, 0.6) is 0 Å². The number of fused-ring (bicyclic) bond motifs is 1. The van der Waals surface area contributed by atoms with Crippen LogP contribution in [-0.2, 0) is 5.41 Å². The van der Waals surface area contributed by atoms with Crippen LogP contribution in [0.25, 0.3) is 16.8 Å². The molecule has 0 fully saturated rings. The van der Waals surface area contributed by atoms with Gasteiger partial charge in [0.2, 0.25) is 0 Å². The van der Waals surface area contributed by atoms with Crippen LogP contribution in [0, 0.1) is 11.6 Å². The zero-order valence-corrected chi connectivity index (χ0v) is 13.6. The summed E-state index contributed by atoms with van der Waals surface area (Å²) in [5, 5.41) is 3.20. The lowest BCUT2D eigenvalue weighted by Gasteiger charge is -2.17. The van der Waals surface area contributed by atoms with Crippen LogP contribution < -0.4 is 0 Å². The third kappa shape index (κ3) is 2.51. The number of aromatic nitrogens is 3. The normalized spacial score (nSPS) is 12.0. The van der Waals surface area contributed by atoms with Crippen molar-refractivity contribution in [2.75, 3.05) is 0 Å². The standard InChI is InChI=1S/C17H19N3S/c1-11-5-7-12(8-6-11)13-10-18-20-15(21)9-14(17(2,3)4)19-16(13)20/h5-10,18H,1-4H3. The van der Waals surface area contributed by atoms with Gasteiger partial charge in [-0.15, -0.1) is 0 Å². The van der Waals surface area contributed by atoms with E-state index < -0.39 is 0 Å². The molecule has 4 heteroatoms. The Hall–Kier alpha value is -1.94. The molecule has 3 rings (SSSR count). The number of nitrogens with zero attached hydrogens (tertiary/aromatic N) is 2. The molecule has 3 aromatic rings. The number of benzene rings is 1. The van der Waals surface area contributed by atoms with Crippen molar-refractivity contribution >= 4 is 17.9 Å². The molecule has 0 spiro atoms. The van der Waals surface area contributed by atoms with Crippen molar-refractivity contribution < 1.29 is 0 Å². The van der Waals surface area contributed by atoms with E-state index in [1.807, 2.05) is 16.8 Å². The predicted octanol–water partition coefficient (Wildman–Crippen LogP) is 4.66. The van der Waals surface area contributed by atoms with Gasteiger partial charge < -0.3 is 0 Å². The predicted molar refractivity (Wildman–Crippen MR) is 89.2 cm³/mol. The Labute approximate surface area is 129 Å². The van der Waals surface area contributed by atoms with Crippen molar-refractivity contribution in [3.8, 4) is 11.1 Å². The van der Waals surface area contributed by atoms with Gasteiger partial charge in [-0.2, -0.15) is 0 Å². The summed E-state index contributed by atoms with van der Waals surface area (Å²) in [5.41, 5.74) is 5.35. The lowest BCUT2D eigenvalue weighted by molar-refractivity contribution is 0.567. The highest BCUT2D eigenvalue weighted by Crippen LogP contribution is 2.27. The van der Waals surface area contributed by atoms with E-state index >= 15 is 0 Å². The molecule has 0 amide bonds. The summed E-state index contributed by atoms with van der Waals surface area (Å²) in [6, 6.07) is 10.4. The minimum absolute atomic E-state index is 0.0237. The third-order valence-electron chi connectivity index (χ3n) is 3.63. The lowest BCUT2D eigenvalue weighted by Crippen LogP contribution is -2.14. The number of H-pyrrole nitrogens is 1. The Bertz CT molecular complexity index is 848. The first kappa shape index (κ1) is 14.0. The topological polar surface area (TPSA) is 33.1 Å². The molecule has 0 aliphatic heterocycles. The summed E-state index contributed by atoms with van der Waals surface area (Å²) < 4.78 is 2.61. The minimum atomic E-state index is -0.0237. The molecule has 0 saturated carbocycles. The Morgan fingerprint density at radius 2 is 1.81 bits per heavy atom. The zero-order chi connectivity index (χ0) is 15.2. The number of hydrogen-bond donors (Lipinski definition) is 1. The molecule has 0 aliphatic carbocycles. The summed E-state index contributed by atoms with van der Waals surface area (Å²) >= 11 is 5.49. The molecule has 21 heavy (non-hydrogen) atoms. The fourth-order valence-electron chi connectivity index (χ4n) is 2.31. The fraction of sp³-hybridized carbons (Fsp3) is 0.294. The molecule has 1 N–H and O–H groups in total. The Balaban J connectivity index is 2.28. The lowest BCUT2D eigenvalue weighted by atomic mass is 9.92. The van der Waals surface area contributed by atoms with Crippen molar-refractivity contribution in [2.45, 2.75) is 33.1 Å². The van der Waals surface area contributed by atoms with Crippen LogP contribution in [-0.4, -0.2) is 14.6 Å². The van der Waals surface area contributed by atoms with E-state index in [1.165, 1.54) is 5.56 Å². The van der Waals surface area contributed by atoms with Crippen molar-refractivity contribution in [3.63, 3.8) is 0 Å². The summed E-state index contributed by atoms with van der Waals surface area (Å²) in [6.07, 6.45) is 1.97. The smallest absolute Gasteiger partial charge is 0.162 e. The van der Waals surface area contributed by atoms with Gasteiger partial charge in [-0.25, -0.2) is 9.50 Å². The van der Waals surface area contributed by atoms with E-state index in [-0.39, 0.29) is 5.41 Å². The molecular weight excluding hydrogens is 278 g/mol. The van der Waals surface area contributed by atoms with E-state index in [1.54, 1.807) is 0 Å². The molecule has 2 aromatic heterocycles. The second-order valence-corrected chi connectivity index (χ2v) is 6.86. The van der Waals surface area contributed by atoms with Gasteiger partial charge in [0.05, 0.1) is 5.69 Å². The average Bonchev–Trinajstić information content (AvgIpc) is 2.83. The van der Waals surface area contributed by atoms with E-state index in [4.69, 9.17) is 17.2 Å². The number of nitrogens with one attached hydrogen (secondary N) is 1. The van der Waals surface area contributed by atoms with Crippen molar-refractivity contribution in [3.05, 3.63) is 52.4 Å². The van der Waals surface area contributed by atoms with Crippen molar-refractivity contribution in [2.24, 2.45) is 0 Å². The van der Waals surface area contributed by atoms with Crippen molar-refractivity contribution in [1.82, 2.24) is 14.6 Å². The monoisotopic (exact) mass is 297 g/mol. The highest BCUT2D eigenvalue weighted by Gasteiger charge is 2.18. The molecule has 0 atom stereocenters. The highest BCUT2D eigenvalue weighted by atomic mass is 32.1. The first-order valence-electron chi connectivity index (χ1n) is 7.05. The molecule has 0 radical (unpaired) electrons. The van der Waals surface area contributed by atoms with Gasteiger partial charge in [0, 0.05) is 17.2 Å². The van der Waals surface area contributed by atoms with Crippen LogP contribution in [0.2, 0.25) is 0 Å². The third-order valence-corrected chi connectivity index (χ3v) is 3.93. The quantitative estimate of drug-likeness (QED) is 0.662. The number of aryl methyl sites for hydroxylation is 1.